The Hall–Kier alpha value is -3.41. The molecule has 11 heteroatoms. The molecule has 0 bridgehead atoms. The number of carbonyl (C=O) groups excluding carboxylic acids is 2. The van der Waals surface area contributed by atoms with Crippen LogP contribution in [0.15, 0.2) is 48.5 Å². The Bertz CT molecular complexity index is 1050. The molecule has 4 rings (SSSR count). The number of thiocarbonyl (C=S) groups is 1. The maximum atomic E-state index is 12.3. The van der Waals surface area contributed by atoms with Crippen LogP contribution in [0.25, 0.3) is 0 Å². The Morgan fingerprint density at radius 2 is 1.74 bits per heavy atom. The number of amides is 1. The summed E-state index contributed by atoms with van der Waals surface area (Å²) >= 11 is 5.41. The smallest absolute Gasteiger partial charge is 0.412 e. The lowest BCUT2D eigenvalue weighted by Crippen LogP contribution is -2.46. The number of nitrogens with one attached hydrogen (secondary N) is 3. The molecule has 2 fully saturated rings. The normalized spacial score (nSPS) is 22.9. The molecular formula is C23H25N3O7S. The van der Waals surface area contributed by atoms with Crippen molar-refractivity contribution in [2.24, 2.45) is 0 Å². The fraction of sp³-hybridized carbons (Fsp3) is 0.348. The number of anilines is 2. The predicted octanol–water partition coefficient (Wildman–Crippen LogP) is 2.55. The number of hydrogen-bond donors (Lipinski definition) is 3. The van der Waals surface area contributed by atoms with Crippen molar-refractivity contribution in [1.29, 1.82) is 0 Å². The Morgan fingerprint density at radius 1 is 0.971 bits per heavy atom. The topological polar surface area (TPSA) is 116 Å². The van der Waals surface area contributed by atoms with Gasteiger partial charge in [-0.2, -0.15) is 0 Å². The highest BCUT2D eigenvalue weighted by Crippen LogP contribution is 2.29. The van der Waals surface area contributed by atoms with Gasteiger partial charge in [-0.15, -0.1) is 0 Å². The Labute approximate surface area is 201 Å². The zero-order valence-corrected chi connectivity index (χ0v) is 19.4. The molecule has 10 nitrogen and oxygen atoms in total. The molecule has 2 aliphatic rings. The number of fused-ring (bicyclic) bond motifs is 1. The van der Waals surface area contributed by atoms with E-state index in [0.29, 0.717) is 34.4 Å². The summed E-state index contributed by atoms with van der Waals surface area (Å²) in [7, 11) is 2.90. The standard InChI is InChI=1S/C23H25N3O7S/c1-29-16-8-6-14(7-9-16)25-23(28)33-18-12-32-19-17(11-31-20(18)19)26-22(34)24-15-5-3-4-13(10-15)21(27)30-2/h3-10,17-20H,11-12H2,1-2H3,(H,25,28)(H2,24,26,34)/t17-,18+,19+,20+/m0/s1. The first-order valence-electron chi connectivity index (χ1n) is 10.6. The highest BCUT2D eigenvalue weighted by Gasteiger charge is 2.49. The Kier molecular flexibility index (Phi) is 7.46. The highest BCUT2D eigenvalue weighted by atomic mass is 32.1. The van der Waals surface area contributed by atoms with Gasteiger partial charge in [0, 0.05) is 11.4 Å². The van der Waals surface area contributed by atoms with Crippen LogP contribution in [0.1, 0.15) is 10.4 Å². The molecule has 2 aliphatic heterocycles. The van der Waals surface area contributed by atoms with Crippen LogP contribution in [0, 0.1) is 0 Å². The molecule has 180 valence electrons. The average molecular weight is 488 g/mol. The van der Waals surface area contributed by atoms with Gasteiger partial charge in [0.25, 0.3) is 0 Å². The van der Waals surface area contributed by atoms with E-state index >= 15 is 0 Å². The van der Waals surface area contributed by atoms with Gasteiger partial charge in [0.05, 0.1) is 39.0 Å². The number of hydrogen-bond acceptors (Lipinski definition) is 8. The quantitative estimate of drug-likeness (QED) is 0.415. The van der Waals surface area contributed by atoms with Crippen LogP contribution in [-0.4, -0.2) is 69.0 Å². The van der Waals surface area contributed by atoms with Gasteiger partial charge in [0.15, 0.2) is 11.2 Å². The zero-order chi connectivity index (χ0) is 24.1. The van der Waals surface area contributed by atoms with Crippen LogP contribution in [0.3, 0.4) is 0 Å². The van der Waals surface area contributed by atoms with E-state index in [1.165, 1.54) is 7.11 Å². The lowest BCUT2D eigenvalue weighted by molar-refractivity contribution is 0.00880. The summed E-state index contributed by atoms with van der Waals surface area (Å²) in [5.74, 6) is 0.253. The van der Waals surface area contributed by atoms with E-state index in [1.54, 1.807) is 55.6 Å². The predicted molar refractivity (Wildman–Crippen MR) is 127 cm³/mol. The van der Waals surface area contributed by atoms with Gasteiger partial charge in [-0.1, -0.05) is 6.07 Å². The summed E-state index contributed by atoms with van der Waals surface area (Å²) in [5, 5.41) is 9.25. The third kappa shape index (κ3) is 5.56. The van der Waals surface area contributed by atoms with Crippen LogP contribution >= 0.6 is 12.2 Å². The summed E-state index contributed by atoms with van der Waals surface area (Å²) in [4.78, 5) is 24.0. The van der Waals surface area contributed by atoms with Gasteiger partial charge in [0.1, 0.15) is 18.0 Å². The van der Waals surface area contributed by atoms with E-state index in [0.717, 1.165) is 0 Å². The number of rotatable bonds is 6. The molecule has 0 aromatic heterocycles. The van der Waals surface area contributed by atoms with E-state index in [4.69, 9.17) is 35.9 Å². The molecule has 3 N–H and O–H groups in total. The second-order valence-corrected chi connectivity index (χ2v) is 8.08. The van der Waals surface area contributed by atoms with Gasteiger partial charge >= 0.3 is 12.1 Å². The van der Waals surface area contributed by atoms with E-state index in [-0.39, 0.29) is 18.8 Å². The third-order valence-corrected chi connectivity index (χ3v) is 5.68. The van der Waals surface area contributed by atoms with Crippen molar-refractivity contribution in [3.05, 3.63) is 54.1 Å². The minimum absolute atomic E-state index is 0.213. The molecule has 0 aliphatic carbocycles. The summed E-state index contributed by atoms with van der Waals surface area (Å²) in [6, 6.07) is 13.5. The van der Waals surface area contributed by atoms with E-state index in [9.17, 15) is 9.59 Å². The van der Waals surface area contributed by atoms with Crippen molar-refractivity contribution < 1.29 is 33.3 Å². The number of carbonyl (C=O) groups is 2. The van der Waals surface area contributed by atoms with Crippen LogP contribution < -0.4 is 20.7 Å². The molecular weight excluding hydrogens is 462 g/mol. The van der Waals surface area contributed by atoms with Crippen molar-refractivity contribution in [2.75, 3.05) is 38.1 Å². The van der Waals surface area contributed by atoms with Crippen molar-refractivity contribution in [1.82, 2.24) is 5.32 Å². The fourth-order valence-corrected chi connectivity index (χ4v) is 4.09. The van der Waals surface area contributed by atoms with E-state index < -0.39 is 24.3 Å². The maximum absolute atomic E-state index is 12.3. The van der Waals surface area contributed by atoms with E-state index in [1.807, 2.05) is 0 Å². The first-order valence-corrected chi connectivity index (χ1v) is 11.0. The summed E-state index contributed by atoms with van der Waals surface area (Å²) in [6.45, 7) is 0.546. The molecule has 0 saturated carbocycles. The van der Waals surface area contributed by atoms with Gasteiger partial charge in [-0.05, 0) is 54.7 Å². The average Bonchev–Trinajstić information content (AvgIpc) is 3.42. The molecule has 0 spiro atoms. The van der Waals surface area contributed by atoms with Gasteiger partial charge in [-0.25, -0.2) is 9.59 Å². The van der Waals surface area contributed by atoms with Gasteiger partial charge in [-0.3, -0.25) is 5.32 Å². The monoisotopic (exact) mass is 487 g/mol. The van der Waals surface area contributed by atoms with Crippen molar-refractivity contribution in [2.45, 2.75) is 24.4 Å². The Balaban J connectivity index is 1.27. The van der Waals surface area contributed by atoms with Gasteiger partial charge in [0.2, 0.25) is 0 Å². The summed E-state index contributed by atoms with van der Waals surface area (Å²) < 4.78 is 27.1. The van der Waals surface area contributed by atoms with Crippen LogP contribution in [0.4, 0.5) is 16.2 Å². The summed E-state index contributed by atoms with van der Waals surface area (Å²) in [5.41, 5.74) is 1.63. The lowest BCUT2D eigenvalue weighted by Gasteiger charge is -2.20. The minimum atomic E-state index is -0.595. The van der Waals surface area contributed by atoms with E-state index in [2.05, 4.69) is 16.0 Å². The second kappa shape index (κ2) is 10.7. The number of ether oxygens (including phenoxy) is 5. The molecule has 2 aromatic rings. The van der Waals surface area contributed by atoms with Crippen molar-refractivity contribution >= 4 is 40.8 Å². The second-order valence-electron chi connectivity index (χ2n) is 7.67. The van der Waals surface area contributed by atoms with Crippen LogP contribution in [0.2, 0.25) is 0 Å². The SMILES string of the molecule is COC(=O)c1cccc(NC(=S)N[C@H]2CO[C@H]3[C@@H]2OC[C@H]3OC(=O)Nc2ccc(OC)cc2)c1. The number of esters is 1. The molecule has 1 amide bonds. The van der Waals surface area contributed by atoms with Gasteiger partial charge < -0.3 is 34.3 Å². The maximum Gasteiger partial charge on any atom is 0.412 e. The largest absolute Gasteiger partial charge is 0.497 e. The zero-order valence-electron chi connectivity index (χ0n) is 18.6. The third-order valence-electron chi connectivity index (χ3n) is 5.46. The molecule has 2 aromatic carbocycles. The molecule has 2 saturated heterocycles. The van der Waals surface area contributed by atoms with Crippen LogP contribution in [0.5, 0.6) is 5.75 Å². The number of methoxy groups -OCH3 is 2. The first kappa shape index (κ1) is 23.7. The number of benzene rings is 2. The molecule has 34 heavy (non-hydrogen) atoms. The highest BCUT2D eigenvalue weighted by molar-refractivity contribution is 7.80. The fourth-order valence-electron chi connectivity index (χ4n) is 3.83. The lowest BCUT2D eigenvalue weighted by atomic mass is 10.1. The molecule has 2 heterocycles. The summed E-state index contributed by atoms with van der Waals surface area (Å²) in [6.07, 6.45) is -1.89. The van der Waals surface area contributed by atoms with Crippen LogP contribution in [-0.2, 0) is 18.9 Å². The van der Waals surface area contributed by atoms with Crippen molar-refractivity contribution in [3.63, 3.8) is 0 Å². The molecule has 4 atom stereocenters. The van der Waals surface area contributed by atoms with Crippen molar-refractivity contribution in [3.8, 4) is 5.75 Å². The Morgan fingerprint density at radius 3 is 2.47 bits per heavy atom. The minimum Gasteiger partial charge on any atom is -0.497 e. The first-order chi connectivity index (χ1) is 16.5. The molecule has 0 radical (unpaired) electrons. The molecule has 0 unspecified atom stereocenters.